The van der Waals surface area contributed by atoms with Crippen LogP contribution in [0.5, 0.6) is 0 Å². The first-order valence-corrected chi connectivity index (χ1v) is 15.5. The molecule has 0 spiro atoms. The summed E-state index contributed by atoms with van der Waals surface area (Å²) in [5.41, 5.74) is 0. The van der Waals surface area contributed by atoms with Crippen molar-refractivity contribution in [2.24, 2.45) is 0 Å². The van der Waals surface area contributed by atoms with Crippen LogP contribution in [0.25, 0.3) is 0 Å². The van der Waals surface area contributed by atoms with Crippen LogP contribution in [0.3, 0.4) is 0 Å². The molecule has 0 N–H and O–H groups in total. The van der Waals surface area contributed by atoms with Gasteiger partial charge in [0.25, 0.3) is 0 Å². The fourth-order valence-corrected chi connectivity index (χ4v) is 8.97. The van der Waals surface area contributed by atoms with Crippen LogP contribution < -0.4 is 56.6 Å². The van der Waals surface area contributed by atoms with Crippen molar-refractivity contribution in [1.29, 1.82) is 0 Å². The second kappa shape index (κ2) is 20.9. The van der Waals surface area contributed by atoms with E-state index in [4.69, 9.17) is 0 Å². The molecule has 0 saturated heterocycles. The molecule has 6 aromatic rings. The molecule has 6 rings (SSSR count). The third kappa shape index (κ3) is 10.7. The maximum absolute atomic E-state index is 2.23. The first-order valence-electron chi connectivity index (χ1n) is 12.8. The zero-order chi connectivity index (χ0) is 25.8. The summed E-state index contributed by atoms with van der Waals surface area (Å²) in [6.45, 7) is 0. The minimum Gasteiger partial charge on any atom is -1.00 e. The average Bonchev–Trinajstić information content (AvgIpc) is 3.01. The van der Waals surface area contributed by atoms with Crippen molar-refractivity contribution in [3.8, 4) is 0 Å². The van der Waals surface area contributed by atoms with Crippen molar-refractivity contribution in [3.63, 3.8) is 0 Å². The van der Waals surface area contributed by atoms with E-state index >= 15 is 0 Å². The van der Waals surface area contributed by atoms with E-state index in [1.165, 1.54) is 31.8 Å². The zero-order valence-corrected chi connectivity index (χ0v) is 29.0. The Morgan fingerprint density at radius 1 is 0.214 bits per heavy atom. The van der Waals surface area contributed by atoms with E-state index in [9.17, 15) is 0 Å². The Kier molecular flexibility index (Phi) is 19.0. The van der Waals surface area contributed by atoms with Crippen LogP contribution in [0.2, 0.25) is 0 Å². The molecule has 0 nitrogen and oxygen atoms in total. The van der Waals surface area contributed by atoms with Crippen molar-refractivity contribution in [2.45, 2.75) is 0 Å². The van der Waals surface area contributed by atoms with Gasteiger partial charge in [-0.3, -0.25) is 0 Å². The van der Waals surface area contributed by atoms with Crippen LogP contribution >= 0.6 is 15.8 Å². The molecule has 6 heteroatoms. The van der Waals surface area contributed by atoms with Gasteiger partial charge in [-0.15, -0.1) is 0 Å². The summed E-state index contributed by atoms with van der Waals surface area (Å²) in [6, 6.07) is 64.7. The van der Waals surface area contributed by atoms with Crippen molar-refractivity contribution >= 4 is 47.7 Å². The van der Waals surface area contributed by atoms with E-state index in [0.717, 1.165) is 0 Å². The molecular formula is C36H30Cl2P2Pd2. The van der Waals surface area contributed by atoms with Gasteiger partial charge in [-0.2, -0.15) is 0 Å². The molecule has 0 aliphatic heterocycles. The summed E-state index contributed by atoms with van der Waals surface area (Å²) >= 11 is 0. The first-order chi connectivity index (χ1) is 18.9. The Morgan fingerprint density at radius 3 is 0.452 bits per heavy atom. The van der Waals surface area contributed by atoms with Crippen molar-refractivity contribution in [2.75, 3.05) is 0 Å². The van der Waals surface area contributed by atoms with Crippen LogP contribution in [-0.4, -0.2) is 0 Å². The standard InChI is InChI=1S/2C18H15P.2ClH.2Pd/c2*1-4-10-16(11-5-1)19(17-12-6-2-7-13-17)18-14-8-3-9-15-18;;;;/h2*1-15H;2*1H;;/q;;;;2*+1/p-2. The molecule has 0 aliphatic rings. The third-order valence-electron chi connectivity index (χ3n) is 6.09. The molecule has 0 aliphatic carbocycles. The summed E-state index contributed by atoms with van der Waals surface area (Å²) < 4.78 is 0. The van der Waals surface area contributed by atoms with Crippen LogP contribution in [0, 0.1) is 0 Å². The third-order valence-corrected chi connectivity index (χ3v) is 11.0. The van der Waals surface area contributed by atoms with E-state index in [2.05, 4.69) is 182 Å². The molecule has 6 aromatic carbocycles. The van der Waals surface area contributed by atoms with E-state index in [1.807, 2.05) is 0 Å². The fourth-order valence-electron chi connectivity index (χ4n) is 4.36. The van der Waals surface area contributed by atoms with Gasteiger partial charge in [0.15, 0.2) is 0 Å². The number of benzene rings is 6. The topological polar surface area (TPSA) is 0 Å². The molecule has 0 unspecified atom stereocenters. The molecule has 0 fully saturated rings. The molecule has 0 amide bonds. The molecule has 2 radical (unpaired) electrons. The maximum atomic E-state index is 2.23. The van der Waals surface area contributed by atoms with Gasteiger partial charge in [0.1, 0.15) is 0 Å². The van der Waals surface area contributed by atoms with Crippen LogP contribution in [-0.2, 0) is 40.8 Å². The number of halogens is 2. The van der Waals surface area contributed by atoms with E-state index < -0.39 is 15.8 Å². The van der Waals surface area contributed by atoms with Crippen LogP contribution in [0.1, 0.15) is 0 Å². The minimum atomic E-state index is -0.446. The van der Waals surface area contributed by atoms with E-state index in [1.54, 1.807) is 0 Å². The summed E-state index contributed by atoms with van der Waals surface area (Å²) in [5, 5.41) is 8.39. The predicted molar refractivity (Wildman–Crippen MR) is 170 cm³/mol. The summed E-state index contributed by atoms with van der Waals surface area (Å²) in [6.07, 6.45) is 0. The monoisotopic (exact) mass is 806 g/mol. The Bertz CT molecular complexity index is 1190. The second-order valence-corrected chi connectivity index (χ2v) is 13.1. The average molecular weight is 808 g/mol. The summed E-state index contributed by atoms with van der Waals surface area (Å²) in [7, 11) is -0.892. The Morgan fingerprint density at radius 2 is 0.333 bits per heavy atom. The van der Waals surface area contributed by atoms with Gasteiger partial charge in [0.2, 0.25) is 0 Å². The number of hydrogen-bond acceptors (Lipinski definition) is 0. The van der Waals surface area contributed by atoms with Gasteiger partial charge in [-0.05, 0) is 47.7 Å². The van der Waals surface area contributed by atoms with Gasteiger partial charge in [0.05, 0.1) is 0 Å². The van der Waals surface area contributed by atoms with E-state index in [0.29, 0.717) is 0 Å². The van der Waals surface area contributed by atoms with Gasteiger partial charge < -0.3 is 24.8 Å². The second-order valence-electron chi connectivity index (χ2n) is 8.68. The normalized spacial score (nSPS) is 9.57. The predicted octanol–water partition coefficient (Wildman–Crippen LogP) is 0.893. The Hall–Kier alpha value is -1.92. The number of hydrogen-bond donors (Lipinski definition) is 0. The number of rotatable bonds is 6. The molecule has 218 valence electrons. The van der Waals surface area contributed by atoms with Gasteiger partial charge >= 0.3 is 40.8 Å². The van der Waals surface area contributed by atoms with Gasteiger partial charge in [-0.1, -0.05) is 182 Å². The van der Waals surface area contributed by atoms with Crippen molar-refractivity contribution in [1.82, 2.24) is 0 Å². The quantitative estimate of drug-likeness (QED) is 0.174. The largest absolute Gasteiger partial charge is 1.00 e. The smallest absolute Gasteiger partial charge is 1.00 e. The maximum Gasteiger partial charge on any atom is 1.00 e. The summed E-state index contributed by atoms with van der Waals surface area (Å²) in [5.74, 6) is 0. The zero-order valence-electron chi connectivity index (χ0n) is 22.6. The molecule has 0 heterocycles. The minimum absolute atomic E-state index is 0. The van der Waals surface area contributed by atoms with E-state index in [-0.39, 0.29) is 65.7 Å². The van der Waals surface area contributed by atoms with Crippen molar-refractivity contribution in [3.05, 3.63) is 182 Å². The molecule has 0 saturated carbocycles. The molecule has 0 bridgehead atoms. The molecule has 0 atom stereocenters. The van der Waals surface area contributed by atoms with Gasteiger partial charge in [-0.25, -0.2) is 0 Å². The van der Waals surface area contributed by atoms with Crippen molar-refractivity contribution < 1.29 is 65.7 Å². The first kappa shape index (κ1) is 38.1. The summed E-state index contributed by atoms with van der Waals surface area (Å²) in [4.78, 5) is 0. The fraction of sp³-hybridized carbons (Fsp3) is 0. The Balaban J connectivity index is 0.000000383. The van der Waals surface area contributed by atoms with Gasteiger partial charge in [0, 0.05) is 0 Å². The molecular weight excluding hydrogens is 778 g/mol. The Labute approximate surface area is 293 Å². The SMILES string of the molecule is [Cl-].[Cl-].[Pd+].[Pd+].c1ccc(P(c2ccccc2)c2ccccc2)cc1.c1ccc(P(c2ccccc2)c2ccccc2)cc1. The van der Waals surface area contributed by atoms with Crippen LogP contribution in [0.15, 0.2) is 182 Å². The molecule has 0 aromatic heterocycles. The molecule has 42 heavy (non-hydrogen) atoms. The van der Waals surface area contributed by atoms with Crippen LogP contribution in [0.4, 0.5) is 0 Å².